The zero-order valence-corrected chi connectivity index (χ0v) is 16.5. The van der Waals surface area contributed by atoms with Crippen LogP contribution in [-0.2, 0) is 9.59 Å². The number of carbonyl (C=O) groups excluding carboxylic acids is 2. The Morgan fingerprint density at radius 3 is 2.40 bits per heavy atom. The fourth-order valence-electron chi connectivity index (χ4n) is 4.12. The minimum atomic E-state index is -1.11. The van der Waals surface area contributed by atoms with Crippen LogP contribution in [0.25, 0.3) is 0 Å². The van der Waals surface area contributed by atoms with Gasteiger partial charge in [-0.1, -0.05) is 18.2 Å². The fraction of sp³-hybridized carbons (Fsp3) is 0.318. The summed E-state index contributed by atoms with van der Waals surface area (Å²) in [6.07, 6.45) is 0.0509. The Labute approximate surface area is 173 Å². The summed E-state index contributed by atoms with van der Waals surface area (Å²) in [5.41, 5.74) is 1.54. The highest BCUT2D eigenvalue weighted by molar-refractivity contribution is 6.23. The third-order valence-corrected chi connectivity index (χ3v) is 5.77. The number of benzene rings is 2. The number of aromatic carboxylic acids is 1. The number of imide groups is 1. The van der Waals surface area contributed by atoms with E-state index >= 15 is 0 Å². The molecule has 2 fully saturated rings. The molecule has 0 bridgehead atoms. The Morgan fingerprint density at radius 1 is 1.03 bits per heavy atom. The van der Waals surface area contributed by atoms with E-state index in [2.05, 4.69) is 0 Å². The molecule has 2 aromatic rings. The molecular weight excluding hydrogens is 389 g/mol. The van der Waals surface area contributed by atoms with Gasteiger partial charge < -0.3 is 10.0 Å². The maximum atomic E-state index is 14.0. The summed E-state index contributed by atoms with van der Waals surface area (Å²) in [6.45, 7) is 3.89. The number of aryl methyl sites for hydroxylation is 1. The maximum absolute atomic E-state index is 14.0. The highest BCUT2D eigenvalue weighted by atomic mass is 19.1. The SMILES string of the molecule is Cc1ccc(C(=O)O)cc1N1C(=O)C[C@H](N2CCN(c3ccccc3F)CC2)C1=O. The first-order chi connectivity index (χ1) is 14.4. The van der Waals surface area contributed by atoms with Crippen LogP contribution in [0.2, 0.25) is 0 Å². The molecule has 30 heavy (non-hydrogen) atoms. The normalized spacial score (nSPS) is 20.1. The molecule has 7 nitrogen and oxygen atoms in total. The lowest BCUT2D eigenvalue weighted by molar-refractivity contribution is -0.123. The second-order valence-corrected chi connectivity index (χ2v) is 7.57. The number of nitrogens with zero attached hydrogens (tertiary/aromatic N) is 3. The molecule has 8 heteroatoms. The first-order valence-electron chi connectivity index (χ1n) is 9.81. The summed E-state index contributed by atoms with van der Waals surface area (Å²) in [7, 11) is 0. The Hall–Kier alpha value is -3.26. The van der Waals surface area contributed by atoms with Gasteiger partial charge in [0.25, 0.3) is 5.91 Å². The van der Waals surface area contributed by atoms with Gasteiger partial charge in [-0.25, -0.2) is 14.1 Å². The molecule has 0 unspecified atom stereocenters. The molecule has 0 aliphatic carbocycles. The molecule has 1 N–H and O–H groups in total. The standard InChI is InChI=1S/C22H22FN3O4/c1-14-6-7-15(22(29)30)12-18(14)26-20(27)13-19(21(26)28)25-10-8-24(9-11-25)17-5-3-2-4-16(17)23/h2-7,12,19H,8-11,13H2,1H3,(H,29,30)/t19-/m0/s1. The second-order valence-electron chi connectivity index (χ2n) is 7.57. The van der Waals surface area contributed by atoms with Gasteiger partial charge in [0.05, 0.1) is 29.4 Å². The van der Waals surface area contributed by atoms with Crippen LogP contribution in [0.3, 0.4) is 0 Å². The lowest BCUT2D eigenvalue weighted by Crippen LogP contribution is -2.52. The first kappa shape index (κ1) is 20.0. The number of piperazine rings is 1. The van der Waals surface area contributed by atoms with E-state index in [1.807, 2.05) is 9.80 Å². The van der Waals surface area contributed by atoms with Gasteiger partial charge in [0, 0.05) is 26.2 Å². The van der Waals surface area contributed by atoms with Crippen molar-refractivity contribution in [2.45, 2.75) is 19.4 Å². The summed E-state index contributed by atoms with van der Waals surface area (Å²) >= 11 is 0. The van der Waals surface area contributed by atoms with E-state index in [0.717, 1.165) is 4.90 Å². The van der Waals surface area contributed by atoms with Gasteiger partial charge in [0.15, 0.2) is 0 Å². The smallest absolute Gasteiger partial charge is 0.335 e. The van der Waals surface area contributed by atoms with Crippen molar-refractivity contribution in [3.8, 4) is 0 Å². The predicted molar refractivity (Wildman–Crippen MR) is 109 cm³/mol. The molecule has 2 aliphatic rings. The van der Waals surface area contributed by atoms with Crippen molar-refractivity contribution in [2.75, 3.05) is 36.0 Å². The molecule has 0 saturated carbocycles. The summed E-state index contributed by atoms with van der Waals surface area (Å²) in [6, 6.07) is 10.4. The Morgan fingerprint density at radius 2 is 1.73 bits per heavy atom. The lowest BCUT2D eigenvalue weighted by atomic mass is 10.1. The summed E-state index contributed by atoms with van der Waals surface area (Å²) in [4.78, 5) is 42.1. The van der Waals surface area contributed by atoms with Crippen molar-refractivity contribution in [3.63, 3.8) is 0 Å². The van der Waals surface area contributed by atoms with Crippen LogP contribution in [0.4, 0.5) is 15.8 Å². The quantitative estimate of drug-likeness (QED) is 0.778. The Balaban J connectivity index is 1.50. The summed E-state index contributed by atoms with van der Waals surface area (Å²) < 4.78 is 14.0. The minimum absolute atomic E-state index is 0.0261. The maximum Gasteiger partial charge on any atom is 0.335 e. The van der Waals surface area contributed by atoms with Gasteiger partial charge in [0.1, 0.15) is 5.82 Å². The molecule has 0 spiro atoms. The Bertz CT molecular complexity index is 1020. The molecule has 156 valence electrons. The third kappa shape index (κ3) is 3.54. The number of anilines is 2. The minimum Gasteiger partial charge on any atom is -0.478 e. The van der Waals surface area contributed by atoms with Gasteiger partial charge >= 0.3 is 5.97 Å². The van der Waals surface area contributed by atoms with Crippen molar-refractivity contribution < 1.29 is 23.9 Å². The van der Waals surface area contributed by atoms with Gasteiger partial charge in [0.2, 0.25) is 5.91 Å². The number of rotatable bonds is 4. The summed E-state index contributed by atoms with van der Waals surface area (Å²) in [5, 5.41) is 9.24. The van der Waals surface area contributed by atoms with Crippen molar-refractivity contribution in [2.24, 2.45) is 0 Å². The second kappa shape index (κ2) is 7.87. The average Bonchev–Trinajstić information content (AvgIpc) is 3.03. The van der Waals surface area contributed by atoms with Crippen LogP contribution >= 0.6 is 0 Å². The number of carbonyl (C=O) groups is 3. The largest absolute Gasteiger partial charge is 0.478 e. The van der Waals surface area contributed by atoms with E-state index in [1.165, 1.54) is 18.2 Å². The molecular formula is C22H22FN3O4. The number of hydrogen-bond donors (Lipinski definition) is 1. The van der Waals surface area contributed by atoms with Crippen molar-refractivity contribution in [1.29, 1.82) is 0 Å². The number of carboxylic acid groups (broad SMARTS) is 1. The monoisotopic (exact) mass is 411 g/mol. The number of hydrogen-bond acceptors (Lipinski definition) is 5. The molecule has 0 radical (unpaired) electrons. The average molecular weight is 411 g/mol. The predicted octanol–water partition coefficient (Wildman–Crippen LogP) is 2.29. The van der Waals surface area contributed by atoms with Crippen LogP contribution in [0, 0.1) is 12.7 Å². The van der Waals surface area contributed by atoms with Gasteiger partial charge in [-0.2, -0.15) is 0 Å². The van der Waals surface area contributed by atoms with Crippen LogP contribution in [-0.4, -0.2) is 60.0 Å². The van der Waals surface area contributed by atoms with E-state index in [1.54, 1.807) is 31.2 Å². The number of carboxylic acids is 1. The molecule has 2 heterocycles. The lowest BCUT2D eigenvalue weighted by Gasteiger charge is -2.38. The molecule has 2 saturated heterocycles. The third-order valence-electron chi connectivity index (χ3n) is 5.77. The molecule has 2 amide bonds. The van der Waals surface area contributed by atoms with E-state index in [0.29, 0.717) is 43.1 Å². The zero-order valence-electron chi connectivity index (χ0n) is 16.5. The van der Waals surface area contributed by atoms with Crippen molar-refractivity contribution in [3.05, 3.63) is 59.4 Å². The van der Waals surface area contributed by atoms with Gasteiger partial charge in [-0.05, 0) is 36.8 Å². The van der Waals surface area contributed by atoms with E-state index < -0.39 is 12.0 Å². The van der Waals surface area contributed by atoms with Crippen molar-refractivity contribution in [1.82, 2.24) is 4.90 Å². The van der Waals surface area contributed by atoms with E-state index in [-0.39, 0.29) is 29.6 Å². The first-order valence-corrected chi connectivity index (χ1v) is 9.81. The molecule has 4 rings (SSSR count). The van der Waals surface area contributed by atoms with E-state index in [4.69, 9.17) is 0 Å². The highest BCUT2D eigenvalue weighted by Gasteiger charge is 2.44. The van der Waals surface area contributed by atoms with Crippen LogP contribution in [0.1, 0.15) is 22.3 Å². The Kier molecular flexibility index (Phi) is 5.26. The fourth-order valence-corrected chi connectivity index (χ4v) is 4.12. The molecule has 2 aliphatic heterocycles. The summed E-state index contributed by atoms with van der Waals surface area (Å²) in [5.74, 6) is -2.08. The van der Waals surface area contributed by atoms with E-state index in [9.17, 15) is 23.9 Å². The topological polar surface area (TPSA) is 81.2 Å². The van der Waals surface area contributed by atoms with Crippen molar-refractivity contribution >= 4 is 29.2 Å². The molecule has 2 aromatic carbocycles. The van der Waals surface area contributed by atoms with Crippen LogP contribution in [0.15, 0.2) is 42.5 Å². The van der Waals surface area contributed by atoms with Gasteiger partial charge in [-0.15, -0.1) is 0 Å². The van der Waals surface area contributed by atoms with Crippen LogP contribution < -0.4 is 9.80 Å². The zero-order chi connectivity index (χ0) is 21.4. The molecule has 1 atom stereocenters. The highest BCUT2D eigenvalue weighted by Crippen LogP contribution is 2.30. The number of amides is 2. The number of para-hydroxylation sites is 1. The number of halogens is 1. The van der Waals surface area contributed by atoms with Crippen LogP contribution in [0.5, 0.6) is 0 Å². The molecule has 0 aromatic heterocycles. The van der Waals surface area contributed by atoms with Gasteiger partial charge in [-0.3, -0.25) is 14.5 Å².